The highest BCUT2D eigenvalue weighted by Crippen LogP contribution is 2.41. The fourth-order valence-electron chi connectivity index (χ4n) is 1.05. The van der Waals surface area contributed by atoms with Gasteiger partial charge in [-0.25, -0.2) is 4.39 Å². The van der Waals surface area contributed by atoms with E-state index in [0.29, 0.717) is 0 Å². The number of hydrogen-bond donors (Lipinski definition) is 0. The molecule has 0 amide bonds. The zero-order chi connectivity index (χ0) is 11.8. The van der Waals surface area contributed by atoms with Crippen LogP contribution in [0.25, 0.3) is 0 Å². The number of rotatable bonds is 1. The van der Waals surface area contributed by atoms with E-state index in [9.17, 15) is 17.6 Å². The predicted molar refractivity (Wildman–Crippen MR) is 50.8 cm³/mol. The smallest absolute Gasteiger partial charge is 0.207 e. The van der Waals surface area contributed by atoms with Crippen LogP contribution in [0.4, 0.5) is 17.6 Å². The van der Waals surface area contributed by atoms with Gasteiger partial charge in [-0.1, -0.05) is 11.6 Å². The summed E-state index contributed by atoms with van der Waals surface area (Å²) in [5.74, 6) is -0.658. The van der Waals surface area contributed by atoms with Crippen LogP contribution in [0.1, 0.15) is 16.5 Å². The van der Waals surface area contributed by atoms with E-state index >= 15 is 0 Å². The highest BCUT2D eigenvalue weighted by molar-refractivity contribution is 6.32. The molecule has 0 spiro atoms. The Labute approximate surface area is 93.8 Å². The quantitative estimate of drug-likeness (QED) is 0.510. The Balaban J connectivity index is 3.21. The Bertz CT molecular complexity index is 373. The number of aryl methyl sites for hydroxylation is 1. The third kappa shape index (κ3) is 2.75. The van der Waals surface area contributed by atoms with E-state index in [1.54, 1.807) is 0 Å². The lowest BCUT2D eigenvalue weighted by Gasteiger charge is -2.16. The summed E-state index contributed by atoms with van der Waals surface area (Å²) in [5, 5.41) is -2.54. The van der Waals surface area contributed by atoms with Gasteiger partial charge in [0.1, 0.15) is 5.82 Å². The van der Waals surface area contributed by atoms with Crippen molar-refractivity contribution in [2.24, 2.45) is 0 Å². The molecule has 0 N–H and O–H groups in total. The van der Waals surface area contributed by atoms with Gasteiger partial charge >= 0.3 is 6.18 Å². The van der Waals surface area contributed by atoms with Crippen LogP contribution in [0.15, 0.2) is 12.1 Å². The number of halogens is 6. The largest absolute Gasteiger partial charge is 0.408 e. The molecule has 0 aliphatic rings. The van der Waals surface area contributed by atoms with Gasteiger partial charge in [-0.3, -0.25) is 0 Å². The Kier molecular flexibility index (Phi) is 3.51. The van der Waals surface area contributed by atoms with Crippen LogP contribution in [0, 0.1) is 12.7 Å². The van der Waals surface area contributed by atoms with Crippen LogP contribution in [0.3, 0.4) is 0 Å². The molecule has 1 unspecified atom stereocenters. The maximum absolute atomic E-state index is 12.9. The van der Waals surface area contributed by atoms with Crippen LogP contribution < -0.4 is 0 Å². The van der Waals surface area contributed by atoms with Crippen molar-refractivity contribution < 1.29 is 17.6 Å². The predicted octanol–water partition coefficient (Wildman–Crippen LogP) is 4.63. The second kappa shape index (κ2) is 4.18. The Morgan fingerprint density at radius 1 is 1.27 bits per heavy atom. The molecule has 0 fully saturated rings. The van der Waals surface area contributed by atoms with Crippen molar-refractivity contribution in [3.05, 3.63) is 34.1 Å². The summed E-state index contributed by atoms with van der Waals surface area (Å²) in [6.45, 7) is 1.34. The van der Waals surface area contributed by atoms with Crippen LogP contribution >= 0.6 is 23.2 Å². The van der Waals surface area contributed by atoms with E-state index in [1.165, 1.54) is 6.92 Å². The molecule has 1 aromatic carbocycles. The van der Waals surface area contributed by atoms with Gasteiger partial charge < -0.3 is 0 Å². The third-order valence-electron chi connectivity index (χ3n) is 1.84. The zero-order valence-electron chi connectivity index (χ0n) is 7.50. The van der Waals surface area contributed by atoms with Crippen LogP contribution in [0.5, 0.6) is 0 Å². The summed E-state index contributed by atoms with van der Waals surface area (Å²) in [5.41, 5.74) is -0.256. The van der Waals surface area contributed by atoms with Gasteiger partial charge in [-0.2, -0.15) is 13.2 Å². The fraction of sp³-hybridized carbons (Fsp3) is 0.333. The van der Waals surface area contributed by atoms with Crippen molar-refractivity contribution >= 4 is 23.2 Å². The van der Waals surface area contributed by atoms with Crippen molar-refractivity contribution in [1.29, 1.82) is 0 Å². The van der Waals surface area contributed by atoms with Crippen molar-refractivity contribution in [2.45, 2.75) is 18.5 Å². The Morgan fingerprint density at radius 3 is 2.27 bits per heavy atom. The molecule has 0 saturated heterocycles. The first-order valence-electron chi connectivity index (χ1n) is 3.90. The highest BCUT2D eigenvalue weighted by Gasteiger charge is 2.40. The summed E-state index contributed by atoms with van der Waals surface area (Å²) in [4.78, 5) is 0. The summed E-state index contributed by atoms with van der Waals surface area (Å²) in [7, 11) is 0. The molecular formula is C9H6Cl2F4. The van der Waals surface area contributed by atoms with Crippen molar-refractivity contribution in [2.75, 3.05) is 0 Å². The number of alkyl halides is 4. The van der Waals surface area contributed by atoms with E-state index in [0.717, 1.165) is 12.1 Å². The lowest BCUT2D eigenvalue weighted by Crippen LogP contribution is -2.16. The molecule has 0 nitrogen and oxygen atoms in total. The molecule has 0 aliphatic carbocycles. The van der Waals surface area contributed by atoms with Crippen molar-refractivity contribution in [3.8, 4) is 0 Å². The standard InChI is InChI=1S/C9H6Cl2F4/c1-4-2-5(6(10)3-7(4)12)8(11)9(13,14)15/h2-3,8H,1H3. The highest BCUT2D eigenvalue weighted by atomic mass is 35.5. The molecule has 0 aliphatic heterocycles. The fourth-order valence-corrected chi connectivity index (χ4v) is 1.55. The molecule has 0 heterocycles. The first-order valence-corrected chi connectivity index (χ1v) is 4.71. The molecule has 1 rings (SSSR count). The van der Waals surface area contributed by atoms with Crippen molar-refractivity contribution in [1.82, 2.24) is 0 Å². The van der Waals surface area contributed by atoms with Gasteiger partial charge in [0.05, 0.1) is 0 Å². The second-order valence-corrected chi connectivity index (χ2v) is 3.87. The summed E-state index contributed by atoms with van der Waals surface area (Å²) in [6, 6.07) is 1.83. The van der Waals surface area contributed by atoms with Gasteiger partial charge in [0.25, 0.3) is 0 Å². The van der Waals surface area contributed by atoms with E-state index in [4.69, 9.17) is 23.2 Å². The van der Waals surface area contributed by atoms with Gasteiger partial charge in [-0.15, -0.1) is 11.6 Å². The molecule has 1 atom stereocenters. The molecule has 0 saturated carbocycles. The maximum atomic E-state index is 12.9. The molecular weight excluding hydrogens is 255 g/mol. The average molecular weight is 261 g/mol. The lowest BCUT2D eigenvalue weighted by molar-refractivity contribution is -0.131. The van der Waals surface area contributed by atoms with Gasteiger partial charge in [0.15, 0.2) is 5.38 Å². The number of hydrogen-bond acceptors (Lipinski definition) is 0. The summed E-state index contributed by atoms with van der Waals surface area (Å²) in [6.07, 6.45) is -4.60. The van der Waals surface area contributed by atoms with Gasteiger partial charge in [-0.05, 0) is 30.2 Å². The average Bonchev–Trinajstić information content (AvgIpc) is 2.08. The minimum atomic E-state index is -4.60. The monoisotopic (exact) mass is 260 g/mol. The Morgan fingerprint density at radius 2 is 1.80 bits per heavy atom. The van der Waals surface area contributed by atoms with Crippen LogP contribution in [-0.2, 0) is 0 Å². The van der Waals surface area contributed by atoms with E-state index in [1.807, 2.05) is 0 Å². The molecule has 0 radical (unpaired) electrons. The third-order valence-corrected chi connectivity index (χ3v) is 2.65. The van der Waals surface area contributed by atoms with Crippen molar-refractivity contribution in [3.63, 3.8) is 0 Å². The molecule has 1 aromatic rings. The SMILES string of the molecule is Cc1cc(C(Cl)C(F)(F)F)c(Cl)cc1F. The topological polar surface area (TPSA) is 0 Å². The van der Waals surface area contributed by atoms with Gasteiger partial charge in [0, 0.05) is 5.02 Å². The minimum absolute atomic E-state index is 0.0734. The minimum Gasteiger partial charge on any atom is -0.207 e. The van der Waals surface area contributed by atoms with Crippen LogP contribution in [0.2, 0.25) is 5.02 Å². The Hall–Kier alpha value is -0.480. The summed E-state index contributed by atoms with van der Waals surface area (Å²) >= 11 is 10.7. The lowest BCUT2D eigenvalue weighted by atomic mass is 10.1. The second-order valence-electron chi connectivity index (χ2n) is 3.03. The molecule has 15 heavy (non-hydrogen) atoms. The zero-order valence-corrected chi connectivity index (χ0v) is 9.01. The first-order chi connectivity index (χ1) is 6.73. The van der Waals surface area contributed by atoms with Gasteiger partial charge in [0.2, 0.25) is 0 Å². The van der Waals surface area contributed by atoms with E-state index < -0.39 is 17.4 Å². The molecule has 0 bridgehead atoms. The maximum Gasteiger partial charge on any atom is 0.408 e. The van der Waals surface area contributed by atoms with E-state index in [2.05, 4.69) is 0 Å². The first kappa shape index (κ1) is 12.6. The summed E-state index contributed by atoms with van der Waals surface area (Å²) < 4.78 is 49.7. The molecule has 84 valence electrons. The molecule has 0 aromatic heterocycles. The normalized spacial score (nSPS) is 14.1. The molecule has 6 heteroatoms. The number of benzene rings is 1. The van der Waals surface area contributed by atoms with Crippen LogP contribution in [-0.4, -0.2) is 6.18 Å². The van der Waals surface area contributed by atoms with E-state index in [-0.39, 0.29) is 16.1 Å².